The monoisotopic (exact) mass is 445 g/mol. The number of ether oxygens (including phenoxy) is 1. The van der Waals surface area contributed by atoms with Crippen LogP contribution in [0.3, 0.4) is 0 Å². The molecule has 0 aliphatic heterocycles. The largest absolute Gasteiger partial charge is 0.443 e. The predicted molar refractivity (Wildman–Crippen MR) is 122 cm³/mol. The van der Waals surface area contributed by atoms with Crippen molar-refractivity contribution >= 4 is 24.5 Å². The molecule has 0 unspecified atom stereocenters. The van der Waals surface area contributed by atoms with Crippen molar-refractivity contribution in [3.63, 3.8) is 0 Å². The van der Waals surface area contributed by atoms with Gasteiger partial charge in [-0.05, 0) is 50.3 Å². The van der Waals surface area contributed by atoms with Crippen LogP contribution in [0.25, 0.3) is 0 Å². The van der Waals surface area contributed by atoms with Crippen LogP contribution in [0.4, 0.5) is 4.79 Å². The maximum Gasteiger partial charge on any atom is 0.427 e. The third kappa shape index (κ3) is 8.70. The molecule has 0 bridgehead atoms. The van der Waals surface area contributed by atoms with Crippen molar-refractivity contribution in [3.05, 3.63) is 70.8 Å². The van der Waals surface area contributed by atoms with Gasteiger partial charge in [-0.1, -0.05) is 59.7 Å². The molecule has 0 saturated carbocycles. The van der Waals surface area contributed by atoms with Crippen LogP contribution in [0.15, 0.2) is 48.5 Å². The standard InChI is InChI=1S/C23H31N3O4S/c1-18-6-10-20(11-7-18)16-24(14-15-27)31-26(29)25(22(28)30-23(3,4)5)17-21-12-8-19(2)9-13-21/h6-13,15,29H,14,16-17H2,1-5H3. The Kier molecular flexibility index (Phi) is 9.06. The van der Waals surface area contributed by atoms with Gasteiger partial charge in [-0.3, -0.25) is 5.21 Å². The van der Waals surface area contributed by atoms with Crippen molar-refractivity contribution in [2.24, 2.45) is 0 Å². The summed E-state index contributed by atoms with van der Waals surface area (Å²) in [5, 5.41) is 11.9. The van der Waals surface area contributed by atoms with Crippen molar-refractivity contribution in [1.29, 1.82) is 0 Å². The van der Waals surface area contributed by atoms with Crippen molar-refractivity contribution in [2.45, 2.75) is 53.3 Å². The second kappa shape index (κ2) is 11.3. The Morgan fingerprint density at radius 2 is 1.45 bits per heavy atom. The molecule has 0 heterocycles. The number of hydrazine groups is 1. The highest BCUT2D eigenvalue weighted by molar-refractivity contribution is 7.94. The smallest absolute Gasteiger partial charge is 0.427 e. The first kappa shape index (κ1) is 24.9. The molecule has 0 fully saturated rings. The number of nitrogens with zero attached hydrogens (tertiary/aromatic N) is 3. The molecule has 2 aromatic carbocycles. The first-order valence-electron chi connectivity index (χ1n) is 10.0. The van der Waals surface area contributed by atoms with Gasteiger partial charge in [0.15, 0.2) is 0 Å². The minimum atomic E-state index is -0.724. The highest BCUT2D eigenvalue weighted by Crippen LogP contribution is 2.23. The maximum absolute atomic E-state index is 12.8. The summed E-state index contributed by atoms with van der Waals surface area (Å²) in [7, 11) is 0. The zero-order valence-electron chi connectivity index (χ0n) is 18.7. The summed E-state index contributed by atoms with van der Waals surface area (Å²) in [6.07, 6.45) is 0.0665. The van der Waals surface area contributed by atoms with Gasteiger partial charge >= 0.3 is 6.09 Å². The van der Waals surface area contributed by atoms with E-state index in [0.717, 1.165) is 50.3 Å². The fourth-order valence-electron chi connectivity index (χ4n) is 2.63. The fraction of sp³-hybridized carbons (Fsp3) is 0.391. The van der Waals surface area contributed by atoms with Crippen LogP contribution < -0.4 is 0 Å². The number of hydrogen-bond acceptors (Lipinski definition) is 7. The Balaban J connectivity index is 2.18. The lowest BCUT2D eigenvalue weighted by atomic mass is 10.1. The molecule has 0 aliphatic rings. The molecular weight excluding hydrogens is 414 g/mol. The minimum absolute atomic E-state index is 0.0717. The lowest BCUT2D eigenvalue weighted by molar-refractivity contribution is -0.155. The highest BCUT2D eigenvalue weighted by Gasteiger charge is 2.28. The number of aldehydes is 1. The zero-order valence-corrected chi connectivity index (χ0v) is 19.6. The Morgan fingerprint density at radius 1 is 0.968 bits per heavy atom. The number of amides is 1. The predicted octanol–water partition coefficient (Wildman–Crippen LogP) is 4.91. The van der Waals surface area contributed by atoms with Crippen molar-refractivity contribution in [1.82, 2.24) is 13.9 Å². The van der Waals surface area contributed by atoms with Crippen LogP contribution in [-0.4, -0.2) is 43.6 Å². The van der Waals surface area contributed by atoms with E-state index >= 15 is 0 Å². The minimum Gasteiger partial charge on any atom is -0.443 e. The molecule has 8 heteroatoms. The summed E-state index contributed by atoms with van der Waals surface area (Å²) in [6.45, 7) is 9.86. The second-order valence-corrected chi connectivity index (χ2v) is 9.34. The Hall–Kier alpha value is -2.39. The third-order valence-corrected chi connectivity index (χ3v) is 5.06. The molecule has 7 nitrogen and oxygen atoms in total. The van der Waals surface area contributed by atoms with Gasteiger partial charge in [0.25, 0.3) is 0 Å². The van der Waals surface area contributed by atoms with E-state index in [-0.39, 0.29) is 13.1 Å². The lowest BCUT2D eigenvalue weighted by Gasteiger charge is -2.33. The summed E-state index contributed by atoms with van der Waals surface area (Å²) in [6, 6.07) is 15.6. The molecule has 0 aromatic heterocycles. The molecule has 0 atom stereocenters. The second-order valence-electron chi connectivity index (χ2n) is 8.33. The SMILES string of the molecule is Cc1ccc(CN(CC=O)SN(O)N(Cc2ccc(C)cc2)C(=O)OC(C)(C)C)cc1. The molecule has 0 radical (unpaired) electrons. The average Bonchev–Trinajstić information content (AvgIpc) is 2.68. The summed E-state index contributed by atoms with van der Waals surface area (Å²) < 4.78 is 7.86. The molecule has 0 spiro atoms. The van der Waals surface area contributed by atoms with Gasteiger partial charge in [0.2, 0.25) is 0 Å². The number of aryl methyl sites for hydroxylation is 2. The van der Waals surface area contributed by atoms with E-state index < -0.39 is 11.7 Å². The number of carbonyl (C=O) groups is 2. The Bertz CT molecular complexity index is 851. The Labute approximate surface area is 188 Å². The van der Waals surface area contributed by atoms with Gasteiger partial charge in [0.1, 0.15) is 11.9 Å². The molecule has 0 saturated heterocycles. The van der Waals surface area contributed by atoms with Crippen molar-refractivity contribution in [2.75, 3.05) is 6.54 Å². The van der Waals surface area contributed by atoms with E-state index in [1.165, 1.54) is 0 Å². The number of rotatable bonds is 9. The first-order chi connectivity index (χ1) is 14.6. The van der Waals surface area contributed by atoms with E-state index in [0.29, 0.717) is 6.54 Å². The molecule has 2 aromatic rings. The molecule has 0 aliphatic carbocycles. The molecule has 31 heavy (non-hydrogen) atoms. The van der Waals surface area contributed by atoms with Gasteiger partial charge in [0, 0.05) is 6.54 Å². The van der Waals surface area contributed by atoms with Crippen LogP contribution in [-0.2, 0) is 22.6 Å². The quantitative estimate of drug-likeness (QED) is 0.334. The van der Waals surface area contributed by atoms with Gasteiger partial charge < -0.3 is 9.53 Å². The van der Waals surface area contributed by atoms with Gasteiger partial charge in [0.05, 0.1) is 25.2 Å². The van der Waals surface area contributed by atoms with Crippen LogP contribution in [0.1, 0.15) is 43.0 Å². The summed E-state index contributed by atoms with van der Waals surface area (Å²) >= 11 is 0.869. The van der Waals surface area contributed by atoms with E-state index in [1.807, 2.05) is 62.4 Å². The Morgan fingerprint density at radius 3 is 1.90 bits per heavy atom. The van der Waals surface area contributed by atoms with Crippen LogP contribution in [0.2, 0.25) is 0 Å². The first-order valence-corrected chi connectivity index (χ1v) is 10.8. The average molecular weight is 446 g/mol. The van der Waals surface area contributed by atoms with Crippen LogP contribution in [0, 0.1) is 13.8 Å². The lowest BCUT2D eigenvalue weighted by Crippen LogP contribution is -2.45. The summed E-state index contributed by atoms with van der Waals surface area (Å²) in [5.74, 6) is 0. The van der Waals surface area contributed by atoms with Crippen molar-refractivity contribution in [3.8, 4) is 0 Å². The van der Waals surface area contributed by atoms with Crippen LogP contribution in [0.5, 0.6) is 0 Å². The van der Waals surface area contributed by atoms with Crippen molar-refractivity contribution < 1.29 is 19.5 Å². The van der Waals surface area contributed by atoms with E-state index in [1.54, 1.807) is 25.1 Å². The molecule has 168 valence electrons. The molecule has 1 N–H and O–H groups in total. The number of carbonyl (C=O) groups excluding carboxylic acids is 2. The maximum atomic E-state index is 12.8. The van der Waals surface area contributed by atoms with Gasteiger partial charge in [-0.15, -0.1) is 0 Å². The topological polar surface area (TPSA) is 73.3 Å². The molecule has 1 amide bonds. The number of hydrogen-bond donors (Lipinski definition) is 1. The normalized spacial score (nSPS) is 11.6. The van der Waals surface area contributed by atoms with E-state index in [2.05, 4.69) is 0 Å². The molecular formula is C23H31N3O4S. The molecule has 2 rings (SSSR count). The van der Waals surface area contributed by atoms with Gasteiger partial charge in [-0.2, -0.15) is 0 Å². The third-order valence-electron chi connectivity index (χ3n) is 4.21. The van der Waals surface area contributed by atoms with Crippen LogP contribution >= 0.6 is 12.1 Å². The number of benzene rings is 2. The van der Waals surface area contributed by atoms with E-state index in [9.17, 15) is 14.8 Å². The highest BCUT2D eigenvalue weighted by atomic mass is 32.2. The summed E-state index contributed by atoms with van der Waals surface area (Å²) in [5.41, 5.74) is 3.32. The van der Waals surface area contributed by atoms with E-state index in [4.69, 9.17) is 4.74 Å². The fourth-order valence-corrected chi connectivity index (χ4v) is 3.38. The van der Waals surface area contributed by atoms with Gasteiger partial charge in [-0.25, -0.2) is 14.1 Å². The zero-order chi connectivity index (χ0) is 23.0. The summed E-state index contributed by atoms with van der Waals surface area (Å²) in [4.78, 5) is 24.0.